The van der Waals surface area contributed by atoms with E-state index in [4.69, 9.17) is 9.47 Å². The number of carbonyl (C=O) groups excluding carboxylic acids is 1. The molecule has 0 saturated heterocycles. The lowest BCUT2D eigenvalue weighted by Crippen LogP contribution is -2.14. The fourth-order valence-electron chi connectivity index (χ4n) is 2.24. The van der Waals surface area contributed by atoms with Crippen LogP contribution in [0.3, 0.4) is 0 Å². The van der Waals surface area contributed by atoms with E-state index in [1.54, 1.807) is 25.3 Å². The van der Waals surface area contributed by atoms with E-state index in [2.05, 4.69) is 5.32 Å². The molecule has 0 fully saturated rings. The van der Waals surface area contributed by atoms with Crippen LogP contribution in [-0.4, -0.2) is 19.1 Å². The van der Waals surface area contributed by atoms with Gasteiger partial charge in [-0.05, 0) is 63.1 Å². The minimum Gasteiger partial charge on any atom is -0.493 e. The predicted molar refractivity (Wildman–Crippen MR) is 92.6 cm³/mol. The molecule has 0 aliphatic rings. The van der Waals surface area contributed by atoms with Gasteiger partial charge in [0.2, 0.25) is 0 Å². The molecular formula is C19H23NO3. The molecule has 0 aromatic heterocycles. The van der Waals surface area contributed by atoms with Gasteiger partial charge in [0.1, 0.15) is 0 Å². The van der Waals surface area contributed by atoms with E-state index in [9.17, 15) is 4.79 Å². The summed E-state index contributed by atoms with van der Waals surface area (Å²) < 4.78 is 11.0. The van der Waals surface area contributed by atoms with Crippen molar-refractivity contribution >= 4 is 11.6 Å². The molecule has 2 rings (SSSR count). The Hall–Kier alpha value is -2.49. The first kappa shape index (κ1) is 16.9. The Labute approximate surface area is 137 Å². The normalized spacial score (nSPS) is 10.5. The predicted octanol–water partition coefficient (Wildman–Crippen LogP) is 4.35. The molecule has 0 atom stereocenters. The van der Waals surface area contributed by atoms with Crippen molar-refractivity contribution in [3.8, 4) is 11.5 Å². The number of aryl methyl sites for hydroxylation is 1. The SMILES string of the molecule is COc1cc(C(=O)Nc2cccc(C)c2C)ccc1OC(C)C. The number of carbonyl (C=O) groups is 1. The minimum atomic E-state index is -0.173. The molecule has 1 amide bonds. The number of nitrogens with one attached hydrogen (secondary N) is 1. The largest absolute Gasteiger partial charge is 0.493 e. The maximum Gasteiger partial charge on any atom is 0.255 e. The lowest BCUT2D eigenvalue weighted by molar-refractivity contribution is 0.102. The van der Waals surface area contributed by atoms with E-state index in [0.29, 0.717) is 17.1 Å². The van der Waals surface area contributed by atoms with Crippen LogP contribution in [0.5, 0.6) is 11.5 Å². The van der Waals surface area contributed by atoms with Crippen LogP contribution in [0, 0.1) is 13.8 Å². The summed E-state index contributed by atoms with van der Waals surface area (Å²) in [4.78, 5) is 12.5. The second-order valence-corrected chi connectivity index (χ2v) is 5.73. The summed E-state index contributed by atoms with van der Waals surface area (Å²) in [5.41, 5.74) is 3.55. The average Bonchev–Trinajstić information content (AvgIpc) is 2.51. The molecule has 0 heterocycles. The van der Waals surface area contributed by atoms with Crippen LogP contribution in [0.15, 0.2) is 36.4 Å². The summed E-state index contributed by atoms with van der Waals surface area (Å²) in [5.74, 6) is 1.01. The molecule has 0 unspecified atom stereocenters. The summed E-state index contributed by atoms with van der Waals surface area (Å²) in [6.45, 7) is 7.90. The molecular weight excluding hydrogens is 290 g/mol. The van der Waals surface area contributed by atoms with Gasteiger partial charge in [-0.25, -0.2) is 0 Å². The van der Waals surface area contributed by atoms with Gasteiger partial charge in [-0.3, -0.25) is 4.79 Å². The van der Waals surface area contributed by atoms with Crippen LogP contribution in [0.2, 0.25) is 0 Å². The fraction of sp³-hybridized carbons (Fsp3) is 0.316. The monoisotopic (exact) mass is 313 g/mol. The van der Waals surface area contributed by atoms with Crippen molar-refractivity contribution in [1.29, 1.82) is 0 Å². The number of methoxy groups -OCH3 is 1. The molecule has 1 N–H and O–H groups in total. The molecule has 0 aliphatic carbocycles. The van der Waals surface area contributed by atoms with Crippen LogP contribution >= 0.6 is 0 Å². The van der Waals surface area contributed by atoms with Gasteiger partial charge >= 0.3 is 0 Å². The Kier molecular flexibility index (Phi) is 5.27. The van der Waals surface area contributed by atoms with Crippen molar-refractivity contribution in [1.82, 2.24) is 0 Å². The molecule has 0 bridgehead atoms. The Balaban J connectivity index is 2.24. The van der Waals surface area contributed by atoms with Crippen LogP contribution < -0.4 is 14.8 Å². The first-order valence-electron chi connectivity index (χ1n) is 7.64. The molecule has 4 heteroatoms. The summed E-state index contributed by atoms with van der Waals surface area (Å²) >= 11 is 0. The lowest BCUT2D eigenvalue weighted by atomic mass is 10.1. The summed E-state index contributed by atoms with van der Waals surface area (Å²) in [6, 6.07) is 11.0. The maximum atomic E-state index is 12.5. The third-order valence-electron chi connectivity index (χ3n) is 3.64. The number of rotatable bonds is 5. The molecule has 122 valence electrons. The van der Waals surface area contributed by atoms with Crippen LogP contribution in [0.25, 0.3) is 0 Å². The third kappa shape index (κ3) is 4.03. The van der Waals surface area contributed by atoms with Crippen molar-refractivity contribution in [3.63, 3.8) is 0 Å². The van der Waals surface area contributed by atoms with Crippen molar-refractivity contribution < 1.29 is 14.3 Å². The molecule has 2 aromatic rings. The molecule has 0 aliphatic heterocycles. The zero-order chi connectivity index (χ0) is 17.0. The minimum absolute atomic E-state index is 0.0403. The second-order valence-electron chi connectivity index (χ2n) is 5.73. The Morgan fingerprint density at radius 2 is 1.83 bits per heavy atom. The van der Waals surface area contributed by atoms with E-state index < -0.39 is 0 Å². The number of ether oxygens (including phenoxy) is 2. The Bertz CT molecular complexity index is 708. The van der Waals surface area contributed by atoms with Crippen LogP contribution in [0.4, 0.5) is 5.69 Å². The first-order valence-corrected chi connectivity index (χ1v) is 7.64. The van der Waals surface area contributed by atoms with Crippen LogP contribution in [0.1, 0.15) is 35.3 Å². The molecule has 23 heavy (non-hydrogen) atoms. The van der Waals surface area contributed by atoms with E-state index >= 15 is 0 Å². The third-order valence-corrected chi connectivity index (χ3v) is 3.64. The van der Waals surface area contributed by atoms with E-state index in [1.165, 1.54) is 0 Å². The van der Waals surface area contributed by atoms with E-state index in [0.717, 1.165) is 16.8 Å². The summed E-state index contributed by atoms with van der Waals surface area (Å²) in [5, 5.41) is 2.94. The van der Waals surface area contributed by atoms with Crippen LogP contribution in [-0.2, 0) is 0 Å². The van der Waals surface area contributed by atoms with Gasteiger partial charge < -0.3 is 14.8 Å². The van der Waals surface area contributed by atoms with Gasteiger partial charge in [0.15, 0.2) is 11.5 Å². The molecule has 0 saturated carbocycles. The van der Waals surface area contributed by atoms with Gasteiger partial charge in [-0.2, -0.15) is 0 Å². The highest BCUT2D eigenvalue weighted by atomic mass is 16.5. The highest BCUT2D eigenvalue weighted by Crippen LogP contribution is 2.29. The van der Waals surface area contributed by atoms with Gasteiger partial charge in [-0.15, -0.1) is 0 Å². The van der Waals surface area contributed by atoms with Gasteiger partial charge in [0.05, 0.1) is 13.2 Å². The molecule has 0 radical (unpaired) electrons. The summed E-state index contributed by atoms with van der Waals surface area (Å²) in [7, 11) is 1.56. The van der Waals surface area contributed by atoms with E-state index in [1.807, 2.05) is 45.9 Å². The highest BCUT2D eigenvalue weighted by molar-refractivity contribution is 6.05. The van der Waals surface area contributed by atoms with Crippen molar-refractivity contribution in [2.45, 2.75) is 33.8 Å². The molecule has 2 aromatic carbocycles. The number of amides is 1. The zero-order valence-electron chi connectivity index (χ0n) is 14.3. The number of hydrogen-bond acceptors (Lipinski definition) is 3. The second kappa shape index (κ2) is 7.18. The molecule has 4 nitrogen and oxygen atoms in total. The number of benzene rings is 2. The first-order chi connectivity index (χ1) is 10.9. The average molecular weight is 313 g/mol. The van der Waals surface area contributed by atoms with Gasteiger partial charge in [0, 0.05) is 11.3 Å². The van der Waals surface area contributed by atoms with E-state index in [-0.39, 0.29) is 12.0 Å². The summed E-state index contributed by atoms with van der Waals surface area (Å²) in [6.07, 6.45) is 0.0403. The van der Waals surface area contributed by atoms with Gasteiger partial charge in [-0.1, -0.05) is 12.1 Å². The Morgan fingerprint density at radius 1 is 1.09 bits per heavy atom. The van der Waals surface area contributed by atoms with Crippen molar-refractivity contribution in [2.75, 3.05) is 12.4 Å². The van der Waals surface area contributed by atoms with Gasteiger partial charge in [0.25, 0.3) is 5.91 Å². The fourth-order valence-corrected chi connectivity index (χ4v) is 2.24. The zero-order valence-corrected chi connectivity index (χ0v) is 14.3. The molecule has 0 spiro atoms. The van der Waals surface area contributed by atoms with Crippen molar-refractivity contribution in [3.05, 3.63) is 53.1 Å². The number of anilines is 1. The quantitative estimate of drug-likeness (QED) is 0.892. The van der Waals surface area contributed by atoms with Crippen molar-refractivity contribution in [2.24, 2.45) is 0 Å². The maximum absolute atomic E-state index is 12.5. The number of hydrogen-bond donors (Lipinski definition) is 1. The topological polar surface area (TPSA) is 47.6 Å². The Morgan fingerprint density at radius 3 is 2.48 bits per heavy atom. The standard InChI is InChI=1S/C19H23NO3/c1-12(2)23-17-10-9-15(11-18(17)22-5)19(21)20-16-8-6-7-13(3)14(16)4/h6-12H,1-5H3,(H,20,21). The lowest BCUT2D eigenvalue weighted by Gasteiger charge is -2.15. The smallest absolute Gasteiger partial charge is 0.255 e. The highest BCUT2D eigenvalue weighted by Gasteiger charge is 2.13.